The fourth-order valence-corrected chi connectivity index (χ4v) is 1.84. The Morgan fingerprint density at radius 2 is 2.06 bits per heavy atom. The monoisotopic (exact) mass is 238 g/mol. The number of hydrogen-bond donors (Lipinski definition) is 1. The van der Waals surface area contributed by atoms with Crippen LogP contribution < -0.4 is 0 Å². The van der Waals surface area contributed by atoms with Crippen molar-refractivity contribution in [2.75, 3.05) is 13.1 Å². The molecule has 0 amide bonds. The zero-order valence-corrected chi connectivity index (χ0v) is 10.2. The molecule has 1 atom stereocenters. The summed E-state index contributed by atoms with van der Waals surface area (Å²) in [6.45, 7) is 5.62. The molecule has 1 unspecified atom stereocenters. The summed E-state index contributed by atoms with van der Waals surface area (Å²) in [5, 5.41) is 18.8. The molecule has 3 nitrogen and oxygen atoms in total. The average molecular weight is 239 g/mol. The summed E-state index contributed by atoms with van der Waals surface area (Å²) in [7, 11) is 0. The number of hydrogen-bond acceptors (Lipinski definition) is 3. The molecule has 0 saturated carbocycles. The molecule has 0 heterocycles. The number of nitrogens with zero attached hydrogens (tertiary/aromatic N) is 2. The fraction of sp³-hybridized carbons (Fsp3) is 0.417. The predicted octanol–water partition coefficient (Wildman–Crippen LogP) is 2.95. The van der Waals surface area contributed by atoms with E-state index in [1.54, 1.807) is 12.1 Å². The zero-order chi connectivity index (χ0) is 12.1. The van der Waals surface area contributed by atoms with E-state index in [4.69, 9.17) is 11.6 Å². The number of rotatable bonds is 4. The highest BCUT2D eigenvalue weighted by molar-refractivity contribution is 6.32. The molecule has 86 valence electrons. The van der Waals surface area contributed by atoms with Gasteiger partial charge in [0.2, 0.25) is 0 Å². The Bertz CT molecular complexity index is 396. The van der Waals surface area contributed by atoms with E-state index in [1.165, 1.54) is 6.07 Å². The molecule has 0 aliphatic heterocycles. The second-order valence-electron chi connectivity index (χ2n) is 3.46. The molecule has 0 aliphatic carbocycles. The minimum atomic E-state index is -0.312. The maximum atomic E-state index is 9.32. The molecule has 1 N–H and O–H groups in total. The van der Waals surface area contributed by atoms with Crippen molar-refractivity contribution in [1.29, 1.82) is 5.26 Å². The Kier molecular flexibility index (Phi) is 4.60. The van der Waals surface area contributed by atoms with Crippen molar-refractivity contribution in [3.63, 3.8) is 0 Å². The molecule has 1 aromatic rings. The first-order valence-corrected chi connectivity index (χ1v) is 5.63. The van der Waals surface area contributed by atoms with Gasteiger partial charge in [-0.3, -0.25) is 4.90 Å². The van der Waals surface area contributed by atoms with E-state index in [9.17, 15) is 10.4 Å². The third-order valence-corrected chi connectivity index (χ3v) is 2.89. The Balaban J connectivity index is 3.05. The van der Waals surface area contributed by atoms with E-state index < -0.39 is 0 Å². The van der Waals surface area contributed by atoms with Gasteiger partial charge in [0, 0.05) is 0 Å². The molecular formula is C12H15ClN2O. The highest BCUT2D eigenvalue weighted by atomic mass is 35.5. The first-order valence-electron chi connectivity index (χ1n) is 5.26. The van der Waals surface area contributed by atoms with Crippen LogP contribution in [-0.2, 0) is 0 Å². The summed E-state index contributed by atoms with van der Waals surface area (Å²) < 4.78 is 0. The van der Waals surface area contributed by atoms with Crippen molar-refractivity contribution in [2.45, 2.75) is 19.9 Å². The van der Waals surface area contributed by atoms with Crippen LogP contribution in [0.5, 0.6) is 5.75 Å². The SMILES string of the molecule is CCN(CC)C(C#N)c1ccc(O)c(Cl)c1. The van der Waals surface area contributed by atoms with Crippen LogP contribution in [0.3, 0.4) is 0 Å². The normalized spacial score (nSPS) is 12.4. The summed E-state index contributed by atoms with van der Waals surface area (Å²) in [6.07, 6.45) is 0. The van der Waals surface area contributed by atoms with Gasteiger partial charge in [-0.25, -0.2) is 0 Å². The van der Waals surface area contributed by atoms with Crippen LogP contribution in [-0.4, -0.2) is 23.1 Å². The number of phenolic OH excluding ortho intramolecular Hbond substituents is 1. The lowest BCUT2D eigenvalue weighted by molar-refractivity contribution is 0.262. The molecule has 0 aromatic heterocycles. The van der Waals surface area contributed by atoms with E-state index in [-0.39, 0.29) is 16.8 Å². The fourth-order valence-electron chi connectivity index (χ4n) is 1.65. The van der Waals surface area contributed by atoms with Crippen LogP contribution in [0.4, 0.5) is 0 Å². The first kappa shape index (κ1) is 12.8. The lowest BCUT2D eigenvalue weighted by Gasteiger charge is -2.24. The molecule has 1 rings (SSSR count). The van der Waals surface area contributed by atoms with Crippen LogP contribution in [0.1, 0.15) is 25.5 Å². The van der Waals surface area contributed by atoms with Gasteiger partial charge in [0.1, 0.15) is 11.8 Å². The molecule has 16 heavy (non-hydrogen) atoms. The van der Waals surface area contributed by atoms with Gasteiger partial charge in [0.25, 0.3) is 0 Å². The highest BCUT2D eigenvalue weighted by Gasteiger charge is 2.17. The number of halogens is 1. The quantitative estimate of drug-likeness (QED) is 0.877. The topological polar surface area (TPSA) is 47.3 Å². The Morgan fingerprint density at radius 3 is 2.50 bits per heavy atom. The molecule has 4 heteroatoms. The second-order valence-corrected chi connectivity index (χ2v) is 3.87. The summed E-state index contributed by atoms with van der Waals surface area (Å²) in [5.74, 6) is 0.0432. The average Bonchev–Trinajstić information content (AvgIpc) is 2.29. The summed E-state index contributed by atoms with van der Waals surface area (Å²) in [4.78, 5) is 2.03. The Labute approximate surface area is 101 Å². The van der Waals surface area contributed by atoms with Crippen molar-refractivity contribution in [2.24, 2.45) is 0 Å². The molecule has 1 aromatic carbocycles. The van der Waals surface area contributed by atoms with Gasteiger partial charge in [0.15, 0.2) is 0 Å². The minimum Gasteiger partial charge on any atom is -0.506 e. The van der Waals surface area contributed by atoms with Gasteiger partial charge in [-0.1, -0.05) is 31.5 Å². The lowest BCUT2D eigenvalue weighted by Crippen LogP contribution is -2.27. The van der Waals surface area contributed by atoms with Gasteiger partial charge in [-0.15, -0.1) is 0 Å². The largest absolute Gasteiger partial charge is 0.506 e. The highest BCUT2D eigenvalue weighted by Crippen LogP contribution is 2.28. The van der Waals surface area contributed by atoms with Crippen LogP contribution in [0, 0.1) is 11.3 Å². The van der Waals surface area contributed by atoms with Crippen LogP contribution in [0.25, 0.3) is 0 Å². The van der Waals surface area contributed by atoms with Gasteiger partial charge >= 0.3 is 0 Å². The summed E-state index contributed by atoms with van der Waals surface area (Å²) in [6, 6.07) is 6.83. The van der Waals surface area contributed by atoms with Gasteiger partial charge in [0.05, 0.1) is 11.1 Å². The number of benzene rings is 1. The van der Waals surface area contributed by atoms with E-state index in [1.807, 2.05) is 18.7 Å². The van der Waals surface area contributed by atoms with Gasteiger partial charge in [-0.05, 0) is 30.8 Å². The van der Waals surface area contributed by atoms with E-state index in [2.05, 4.69) is 6.07 Å². The van der Waals surface area contributed by atoms with Crippen LogP contribution >= 0.6 is 11.6 Å². The molecule has 0 radical (unpaired) electrons. The van der Waals surface area contributed by atoms with E-state index in [0.29, 0.717) is 0 Å². The molecule has 0 bridgehead atoms. The first-order chi connectivity index (χ1) is 7.63. The number of nitriles is 1. The smallest absolute Gasteiger partial charge is 0.134 e. The lowest BCUT2D eigenvalue weighted by atomic mass is 10.1. The van der Waals surface area contributed by atoms with Crippen molar-refractivity contribution >= 4 is 11.6 Å². The number of phenols is 1. The van der Waals surface area contributed by atoms with Crippen molar-refractivity contribution in [1.82, 2.24) is 4.90 Å². The molecule has 0 saturated heterocycles. The van der Waals surface area contributed by atoms with Gasteiger partial charge in [-0.2, -0.15) is 5.26 Å². The second kappa shape index (κ2) is 5.74. The zero-order valence-electron chi connectivity index (χ0n) is 9.44. The van der Waals surface area contributed by atoms with E-state index >= 15 is 0 Å². The molecular weight excluding hydrogens is 224 g/mol. The predicted molar refractivity (Wildman–Crippen MR) is 64.4 cm³/mol. The van der Waals surface area contributed by atoms with Gasteiger partial charge < -0.3 is 5.11 Å². The standard InChI is InChI=1S/C12H15ClN2O/c1-3-15(4-2)11(8-14)9-5-6-12(16)10(13)7-9/h5-7,11,16H,3-4H2,1-2H3. The Hall–Kier alpha value is -1.24. The minimum absolute atomic E-state index is 0.0432. The molecule has 0 fully saturated rings. The number of aromatic hydroxyl groups is 1. The Morgan fingerprint density at radius 1 is 1.44 bits per heavy atom. The third-order valence-electron chi connectivity index (χ3n) is 2.59. The summed E-state index contributed by atoms with van der Waals surface area (Å²) in [5.41, 5.74) is 0.814. The maximum absolute atomic E-state index is 9.32. The van der Waals surface area contributed by atoms with Crippen molar-refractivity contribution < 1.29 is 5.11 Å². The molecule has 0 aliphatic rings. The molecule has 0 spiro atoms. The van der Waals surface area contributed by atoms with Crippen LogP contribution in [0.15, 0.2) is 18.2 Å². The van der Waals surface area contributed by atoms with Crippen LogP contribution in [0.2, 0.25) is 5.02 Å². The van der Waals surface area contributed by atoms with E-state index in [0.717, 1.165) is 18.7 Å². The third kappa shape index (κ3) is 2.66. The maximum Gasteiger partial charge on any atom is 0.134 e. The van der Waals surface area contributed by atoms with Crippen molar-refractivity contribution in [3.05, 3.63) is 28.8 Å². The van der Waals surface area contributed by atoms with Crippen molar-refractivity contribution in [3.8, 4) is 11.8 Å². The summed E-state index contributed by atoms with van der Waals surface area (Å²) >= 11 is 5.83.